The standard InChI is InChI=1S/C17H27ClN2/c1-5-17(6-2)9-10-20(12-17)16-8-7-14(11-15(16)18)13(3)19-4/h7-8,11,13,19H,5-6,9-10,12H2,1-4H3. The van der Waals surface area contributed by atoms with Crippen molar-refractivity contribution in [1.82, 2.24) is 5.32 Å². The van der Waals surface area contributed by atoms with Gasteiger partial charge in [-0.3, -0.25) is 0 Å². The van der Waals surface area contributed by atoms with Crippen molar-refractivity contribution in [3.05, 3.63) is 28.8 Å². The molecule has 112 valence electrons. The van der Waals surface area contributed by atoms with Crippen LogP contribution in [0.15, 0.2) is 18.2 Å². The van der Waals surface area contributed by atoms with Crippen molar-refractivity contribution in [2.24, 2.45) is 5.41 Å². The summed E-state index contributed by atoms with van der Waals surface area (Å²) in [6.45, 7) is 9.04. The monoisotopic (exact) mass is 294 g/mol. The van der Waals surface area contributed by atoms with E-state index >= 15 is 0 Å². The van der Waals surface area contributed by atoms with Gasteiger partial charge in [-0.25, -0.2) is 0 Å². The number of nitrogens with zero attached hydrogens (tertiary/aromatic N) is 1. The lowest BCUT2D eigenvalue weighted by molar-refractivity contribution is 0.301. The molecule has 1 atom stereocenters. The molecule has 1 aliphatic heterocycles. The van der Waals surface area contributed by atoms with E-state index < -0.39 is 0 Å². The number of anilines is 1. The van der Waals surface area contributed by atoms with Crippen molar-refractivity contribution in [1.29, 1.82) is 0 Å². The zero-order valence-electron chi connectivity index (χ0n) is 13.2. The van der Waals surface area contributed by atoms with E-state index in [9.17, 15) is 0 Å². The molecular weight excluding hydrogens is 268 g/mol. The van der Waals surface area contributed by atoms with Gasteiger partial charge in [0, 0.05) is 19.1 Å². The maximum Gasteiger partial charge on any atom is 0.0642 e. The summed E-state index contributed by atoms with van der Waals surface area (Å²) in [5, 5.41) is 4.14. The quantitative estimate of drug-likeness (QED) is 0.851. The fraction of sp³-hybridized carbons (Fsp3) is 0.647. The van der Waals surface area contributed by atoms with E-state index in [1.165, 1.54) is 30.5 Å². The minimum atomic E-state index is 0.338. The van der Waals surface area contributed by atoms with Crippen LogP contribution >= 0.6 is 11.6 Å². The lowest BCUT2D eigenvalue weighted by atomic mass is 9.82. The lowest BCUT2D eigenvalue weighted by Gasteiger charge is -2.28. The van der Waals surface area contributed by atoms with Crippen LogP contribution in [0, 0.1) is 5.41 Å². The maximum absolute atomic E-state index is 6.52. The zero-order chi connectivity index (χ0) is 14.8. The van der Waals surface area contributed by atoms with Crippen LogP contribution in [-0.4, -0.2) is 20.1 Å². The number of rotatable bonds is 5. The Morgan fingerprint density at radius 2 is 2.05 bits per heavy atom. The summed E-state index contributed by atoms with van der Waals surface area (Å²) in [7, 11) is 1.98. The molecule has 1 aromatic carbocycles. The normalized spacial score (nSPS) is 19.4. The Labute approximate surface area is 128 Å². The van der Waals surface area contributed by atoms with Crippen LogP contribution in [0.1, 0.15) is 51.6 Å². The van der Waals surface area contributed by atoms with Crippen molar-refractivity contribution in [2.75, 3.05) is 25.0 Å². The van der Waals surface area contributed by atoms with Gasteiger partial charge in [0.2, 0.25) is 0 Å². The van der Waals surface area contributed by atoms with Crippen molar-refractivity contribution in [3.63, 3.8) is 0 Å². The SMILES string of the molecule is CCC1(CC)CCN(c2ccc(C(C)NC)cc2Cl)C1. The van der Waals surface area contributed by atoms with Crippen LogP contribution < -0.4 is 10.2 Å². The molecule has 1 fully saturated rings. The van der Waals surface area contributed by atoms with Crippen LogP contribution in [0.2, 0.25) is 5.02 Å². The highest BCUT2D eigenvalue weighted by Gasteiger charge is 2.35. The second kappa shape index (κ2) is 6.36. The first-order chi connectivity index (χ1) is 9.55. The number of nitrogens with one attached hydrogen (secondary N) is 1. The molecule has 1 aliphatic rings. The minimum absolute atomic E-state index is 0.338. The topological polar surface area (TPSA) is 15.3 Å². The molecule has 0 radical (unpaired) electrons. The van der Waals surface area contributed by atoms with Gasteiger partial charge in [-0.15, -0.1) is 0 Å². The second-order valence-corrected chi connectivity index (χ2v) is 6.51. The number of halogens is 1. The summed E-state index contributed by atoms with van der Waals surface area (Å²) >= 11 is 6.52. The molecule has 1 aromatic rings. The fourth-order valence-electron chi connectivity index (χ4n) is 3.18. The fourth-order valence-corrected chi connectivity index (χ4v) is 3.49. The first-order valence-corrected chi connectivity index (χ1v) is 8.14. The van der Waals surface area contributed by atoms with Gasteiger partial charge in [-0.05, 0) is 56.3 Å². The first-order valence-electron chi connectivity index (χ1n) is 7.77. The average Bonchev–Trinajstić information content (AvgIpc) is 2.91. The Balaban J connectivity index is 2.19. The Kier molecular flexibility index (Phi) is 4.98. The molecule has 0 saturated carbocycles. The molecule has 2 rings (SSSR count). The van der Waals surface area contributed by atoms with Crippen LogP contribution in [0.25, 0.3) is 0 Å². The van der Waals surface area contributed by atoms with E-state index in [-0.39, 0.29) is 0 Å². The van der Waals surface area contributed by atoms with Crippen LogP contribution in [0.5, 0.6) is 0 Å². The highest BCUT2D eigenvalue weighted by atomic mass is 35.5. The first kappa shape index (κ1) is 15.7. The third-order valence-corrected chi connectivity index (χ3v) is 5.49. The van der Waals surface area contributed by atoms with Crippen molar-refractivity contribution in [2.45, 2.75) is 46.1 Å². The van der Waals surface area contributed by atoms with Gasteiger partial charge in [-0.1, -0.05) is 31.5 Å². The molecule has 0 bridgehead atoms. The molecular formula is C17H27ClN2. The van der Waals surface area contributed by atoms with Gasteiger partial charge in [0.25, 0.3) is 0 Å². The van der Waals surface area contributed by atoms with Gasteiger partial charge in [0.05, 0.1) is 10.7 Å². The third-order valence-electron chi connectivity index (χ3n) is 5.18. The molecule has 20 heavy (non-hydrogen) atoms. The van der Waals surface area contributed by atoms with Crippen molar-refractivity contribution in [3.8, 4) is 0 Å². The predicted octanol–water partition coefficient (Wildman–Crippen LogP) is 4.64. The highest BCUT2D eigenvalue weighted by molar-refractivity contribution is 6.33. The zero-order valence-corrected chi connectivity index (χ0v) is 13.9. The molecule has 1 heterocycles. The van der Waals surface area contributed by atoms with E-state index in [1.54, 1.807) is 0 Å². The lowest BCUT2D eigenvalue weighted by Crippen LogP contribution is -2.26. The smallest absolute Gasteiger partial charge is 0.0642 e. The summed E-state index contributed by atoms with van der Waals surface area (Å²) in [5.41, 5.74) is 2.93. The van der Waals surface area contributed by atoms with E-state index in [1.807, 2.05) is 7.05 Å². The summed E-state index contributed by atoms with van der Waals surface area (Å²) < 4.78 is 0. The Morgan fingerprint density at radius 1 is 1.35 bits per heavy atom. The van der Waals surface area contributed by atoms with Crippen LogP contribution in [0.4, 0.5) is 5.69 Å². The van der Waals surface area contributed by atoms with Crippen molar-refractivity contribution >= 4 is 17.3 Å². The Bertz CT molecular complexity index is 454. The van der Waals surface area contributed by atoms with Crippen molar-refractivity contribution < 1.29 is 0 Å². The van der Waals surface area contributed by atoms with Crippen LogP contribution in [0.3, 0.4) is 0 Å². The van der Waals surface area contributed by atoms with E-state index in [0.717, 1.165) is 18.1 Å². The Hall–Kier alpha value is -0.730. The maximum atomic E-state index is 6.52. The Morgan fingerprint density at radius 3 is 2.55 bits per heavy atom. The van der Waals surface area contributed by atoms with Crippen LogP contribution in [-0.2, 0) is 0 Å². The minimum Gasteiger partial charge on any atom is -0.370 e. The van der Waals surface area contributed by atoms with E-state index in [0.29, 0.717) is 11.5 Å². The van der Waals surface area contributed by atoms with Gasteiger partial charge in [-0.2, -0.15) is 0 Å². The van der Waals surface area contributed by atoms with E-state index in [4.69, 9.17) is 11.6 Å². The number of hydrogen-bond acceptors (Lipinski definition) is 2. The molecule has 1 saturated heterocycles. The van der Waals surface area contributed by atoms with Gasteiger partial charge < -0.3 is 10.2 Å². The van der Waals surface area contributed by atoms with Gasteiger partial charge in [0.1, 0.15) is 0 Å². The average molecular weight is 295 g/mol. The third kappa shape index (κ3) is 2.96. The molecule has 0 aliphatic carbocycles. The van der Waals surface area contributed by atoms with E-state index in [2.05, 4.69) is 49.2 Å². The molecule has 0 spiro atoms. The highest BCUT2D eigenvalue weighted by Crippen LogP contribution is 2.41. The number of benzene rings is 1. The number of hydrogen-bond donors (Lipinski definition) is 1. The summed E-state index contributed by atoms with van der Waals surface area (Å²) in [4.78, 5) is 2.46. The summed E-state index contributed by atoms with van der Waals surface area (Å²) in [6, 6.07) is 6.83. The molecule has 0 aromatic heterocycles. The second-order valence-electron chi connectivity index (χ2n) is 6.10. The van der Waals surface area contributed by atoms with Gasteiger partial charge >= 0.3 is 0 Å². The molecule has 3 heteroatoms. The predicted molar refractivity (Wildman–Crippen MR) is 88.8 cm³/mol. The summed E-state index contributed by atoms with van der Waals surface area (Å²) in [5.74, 6) is 0. The molecule has 0 amide bonds. The largest absolute Gasteiger partial charge is 0.370 e. The molecule has 2 nitrogen and oxygen atoms in total. The molecule has 1 N–H and O–H groups in total. The molecule has 1 unspecified atom stereocenters. The van der Waals surface area contributed by atoms with Gasteiger partial charge in [0.15, 0.2) is 0 Å². The summed E-state index contributed by atoms with van der Waals surface area (Å²) in [6.07, 6.45) is 3.80.